The third-order valence-corrected chi connectivity index (χ3v) is 4.91. The molecule has 2 aliphatic rings. The number of nitriles is 1. The van der Waals surface area contributed by atoms with E-state index in [1.165, 1.54) is 12.1 Å². The fourth-order valence-corrected chi connectivity index (χ4v) is 3.77. The molecule has 0 unspecified atom stereocenters. The van der Waals surface area contributed by atoms with Crippen molar-refractivity contribution in [3.8, 4) is 6.07 Å². The van der Waals surface area contributed by atoms with Gasteiger partial charge in [0.1, 0.15) is 17.5 Å². The number of carbonyl (C=O) groups is 1. The molecule has 134 valence electrons. The predicted octanol–water partition coefficient (Wildman–Crippen LogP) is 3.90. The second kappa shape index (κ2) is 6.21. The maximum absolute atomic E-state index is 13.7. The van der Waals surface area contributed by atoms with Crippen LogP contribution >= 0.6 is 0 Å². The number of likely N-dealkylation sites (tertiary alicyclic amines) is 1. The standard InChI is InChI=1S/C19H24FN3O2/c1-18(2,3)25-17(24)23-7-6-19(12-23)9-15(10-19)22-14-5-4-13(11-21)16(20)8-14/h4-5,8,15,22H,6-7,9-10,12H2,1-3H3. The van der Waals surface area contributed by atoms with Gasteiger partial charge in [-0.15, -0.1) is 0 Å². The Bertz CT molecular complexity index is 714. The third-order valence-electron chi connectivity index (χ3n) is 4.91. The van der Waals surface area contributed by atoms with Gasteiger partial charge in [0.2, 0.25) is 0 Å². The fourth-order valence-electron chi connectivity index (χ4n) is 3.77. The average Bonchev–Trinajstić information content (AvgIpc) is 2.91. The van der Waals surface area contributed by atoms with Crippen LogP contribution in [0.2, 0.25) is 0 Å². The van der Waals surface area contributed by atoms with E-state index < -0.39 is 11.4 Å². The molecule has 5 nitrogen and oxygen atoms in total. The maximum Gasteiger partial charge on any atom is 0.410 e. The molecule has 25 heavy (non-hydrogen) atoms. The van der Waals surface area contributed by atoms with E-state index in [9.17, 15) is 9.18 Å². The van der Waals surface area contributed by atoms with E-state index in [1.54, 1.807) is 11.0 Å². The number of amides is 1. The molecule has 1 amide bonds. The highest BCUT2D eigenvalue weighted by Crippen LogP contribution is 2.49. The summed E-state index contributed by atoms with van der Waals surface area (Å²) in [4.78, 5) is 14.0. The normalized spacial score (nSPS) is 25.4. The van der Waals surface area contributed by atoms with Crippen LogP contribution in [0.25, 0.3) is 0 Å². The van der Waals surface area contributed by atoms with E-state index in [2.05, 4.69) is 5.32 Å². The summed E-state index contributed by atoms with van der Waals surface area (Å²) in [6, 6.07) is 6.68. The van der Waals surface area contributed by atoms with Crippen LogP contribution in [0.1, 0.15) is 45.6 Å². The Morgan fingerprint density at radius 2 is 2.16 bits per heavy atom. The average molecular weight is 345 g/mol. The van der Waals surface area contributed by atoms with Crippen LogP contribution in [-0.4, -0.2) is 35.7 Å². The highest BCUT2D eigenvalue weighted by molar-refractivity contribution is 5.68. The first-order valence-corrected chi connectivity index (χ1v) is 8.64. The van der Waals surface area contributed by atoms with Crippen molar-refractivity contribution in [3.63, 3.8) is 0 Å². The molecule has 1 aromatic carbocycles. The first-order chi connectivity index (χ1) is 11.7. The number of ether oxygens (including phenoxy) is 1. The summed E-state index contributed by atoms with van der Waals surface area (Å²) >= 11 is 0. The molecule has 3 rings (SSSR count). The Hall–Kier alpha value is -2.29. The Balaban J connectivity index is 1.52. The van der Waals surface area contributed by atoms with Gasteiger partial charge >= 0.3 is 6.09 Å². The van der Waals surface area contributed by atoms with Crippen LogP contribution < -0.4 is 5.32 Å². The van der Waals surface area contributed by atoms with E-state index in [0.717, 1.165) is 32.4 Å². The molecule has 1 heterocycles. The molecule has 1 N–H and O–H groups in total. The SMILES string of the molecule is CC(C)(C)OC(=O)N1CCC2(CC(Nc3ccc(C#N)c(F)c3)C2)C1. The lowest BCUT2D eigenvalue weighted by Gasteiger charge is -2.45. The van der Waals surface area contributed by atoms with Crippen LogP contribution in [0.4, 0.5) is 14.9 Å². The number of anilines is 1. The van der Waals surface area contributed by atoms with Gasteiger partial charge in [-0.25, -0.2) is 9.18 Å². The predicted molar refractivity (Wildman–Crippen MR) is 92.6 cm³/mol. The molecule has 0 bridgehead atoms. The smallest absolute Gasteiger partial charge is 0.410 e. The monoisotopic (exact) mass is 345 g/mol. The highest BCUT2D eigenvalue weighted by atomic mass is 19.1. The van der Waals surface area contributed by atoms with Gasteiger partial charge in [0, 0.05) is 24.8 Å². The van der Waals surface area contributed by atoms with Gasteiger partial charge in [0.15, 0.2) is 0 Å². The molecule has 0 radical (unpaired) electrons. The molecule has 1 aliphatic carbocycles. The molecule has 1 spiro atoms. The largest absolute Gasteiger partial charge is 0.444 e. The Kier molecular flexibility index (Phi) is 4.36. The van der Waals surface area contributed by atoms with E-state index in [4.69, 9.17) is 10.00 Å². The van der Waals surface area contributed by atoms with E-state index in [-0.39, 0.29) is 23.1 Å². The lowest BCUT2D eigenvalue weighted by atomic mass is 9.65. The summed E-state index contributed by atoms with van der Waals surface area (Å²) in [6.07, 6.45) is 2.64. The summed E-state index contributed by atoms with van der Waals surface area (Å²) < 4.78 is 19.1. The number of hydrogen-bond donors (Lipinski definition) is 1. The van der Waals surface area contributed by atoms with Crippen LogP contribution in [0.5, 0.6) is 0 Å². The summed E-state index contributed by atoms with van der Waals surface area (Å²) in [7, 11) is 0. The lowest BCUT2D eigenvalue weighted by Crippen LogP contribution is -2.47. The molecule has 2 fully saturated rings. The second-order valence-electron chi connectivity index (χ2n) is 8.21. The van der Waals surface area contributed by atoms with E-state index >= 15 is 0 Å². The van der Waals surface area contributed by atoms with Gasteiger partial charge < -0.3 is 15.0 Å². The summed E-state index contributed by atoms with van der Waals surface area (Å²) in [5, 5.41) is 12.1. The van der Waals surface area contributed by atoms with Gasteiger partial charge in [-0.3, -0.25) is 0 Å². The topological polar surface area (TPSA) is 65.4 Å². The molecule has 0 aromatic heterocycles. The minimum Gasteiger partial charge on any atom is -0.444 e. The molecule has 1 saturated carbocycles. The maximum atomic E-state index is 13.7. The zero-order chi connectivity index (χ0) is 18.2. The van der Waals surface area contributed by atoms with Gasteiger partial charge in [0.05, 0.1) is 5.56 Å². The van der Waals surface area contributed by atoms with Crippen LogP contribution in [0.3, 0.4) is 0 Å². The third kappa shape index (κ3) is 3.87. The van der Waals surface area contributed by atoms with Gasteiger partial charge in [0.25, 0.3) is 0 Å². The quantitative estimate of drug-likeness (QED) is 0.883. The van der Waals surface area contributed by atoms with Gasteiger partial charge in [-0.1, -0.05) is 0 Å². The molecule has 0 atom stereocenters. The number of carbonyl (C=O) groups excluding carboxylic acids is 1. The molecular weight excluding hydrogens is 321 g/mol. The minimum atomic E-state index is -0.501. The number of benzene rings is 1. The van der Waals surface area contributed by atoms with E-state index in [1.807, 2.05) is 26.8 Å². The molecule has 6 heteroatoms. The Morgan fingerprint density at radius 3 is 2.76 bits per heavy atom. The number of nitrogens with zero attached hydrogens (tertiary/aromatic N) is 2. The van der Waals surface area contributed by atoms with Crippen LogP contribution in [0, 0.1) is 22.6 Å². The van der Waals surface area contributed by atoms with Crippen LogP contribution in [-0.2, 0) is 4.74 Å². The summed E-state index contributed by atoms with van der Waals surface area (Å²) in [5.74, 6) is -0.501. The van der Waals surface area contributed by atoms with Crippen molar-refractivity contribution in [3.05, 3.63) is 29.6 Å². The van der Waals surface area contributed by atoms with Gasteiger partial charge in [-0.05, 0) is 63.6 Å². The molecular formula is C19H24FN3O2. The number of hydrogen-bond acceptors (Lipinski definition) is 4. The summed E-state index contributed by atoms with van der Waals surface area (Å²) in [5.41, 5.74) is 0.424. The number of nitrogens with one attached hydrogen (secondary N) is 1. The second-order valence-corrected chi connectivity index (χ2v) is 8.21. The van der Waals surface area contributed by atoms with Crippen molar-refractivity contribution in [1.82, 2.24) is 4.90 Å². The zero-order valence-electron chi connectivity index (χ0n) is 14.9. The highest BCUT2D eigenvalue weighted by Gasteiger charge is 2.50. The Labute approximate surface area is 147 Å². The fraction of sp³-hybridized carbons (Fsp3) is 0.579. The van der Waals surface area contributed by atoms with Crippen molar-refractivity contribution in [2.75, 3.05) is 18.4 Å². The molecule has 1 saturated heterocycles. The van der Waals surface area contributed by atoms with Crippen molar-refractivity contribution in [2.24, 2.45) is 5.41 Å². The molecule has 1 aliphatic heterocycles. The van der Waals surface area contributed by atoms with Crippen molar-refractivity contribution >= 4 is 11.8 Å². The van der Waals surface area contributed by atoms with Crippen molar-refractivity contribution in [1.29, 1.82) is 5.26 Å². The first kappa shape index (κ1) is 17.5. The lowest BCUT2D eigenvalue weighted by molar-refractivity contribution is 0.0237. The number of halogens is 1. The summed E-state index contributed by atoms with van der Waals surface area (Å²) in [6.45, 7) is 7.07. The number of rotatable bonds is 2. The van der Waals surface area contributed by atoms with E-state index in [0.29, 0.717) is 5.69 Å². The van der Waals surface area contributed by atoms with Crippen molar-refractivity contribution in [2.45, 2.75) is 51.7 Å². The molecule has 1 aromatic rings. The van der Waals surface area contributed by atoms with Crippen molar-refractivity contribution < 1.29 is 13.9 Å². The zero-order valence-corrected chi connectivity index (χ0v) is 14.9. The van der Waals surface area contributed by atoms with Gasteiger partial charge in [-0.2, -0.15) is 5.26 Å². The Morgan fingerprint density at radius 1 is 1.44 bits per heavy atom. The van der Waals surface area contributed by atoms with Crippen LogP contribution in [0.15, 0.2) is 18.2 Å². The minimum absolute atomic E-state index is 0.0550. The first-order valence-electron chi connectivity index (χ1n) is 8.64.